The summed E-state index contributed by atoms with van der Waals surface area (Å²) in [7, 11) is 0. The lowest BCUT2D eigenvalue weighted by Gasteiger charge is -2.05. The smallest absolute Gasteiger partial charge is 0.231 e. The van der Waals surface area contributed by atoms with E-state index < -0.39 is 0 Å². The van der Waals surface area contributed by atoms with E-state index in [1.165, 1.54) is 12.1 Å². The van der Waals surface area contributed by atoms with Crippen LogP contribution in [0.5, 0.6) is 11.5 Å². The molecule has 5 rings (SSSR count). The zero-order valence-corrected chi connectivity index (χ0v) is 16.0. The second-order valence-corrected chi connectivity index (χ2v) is 7.09. The van der Waals surface area contributed by atoms with Gasteiger partial charge in [0.05, 0.1) is 11.6 Å². The normalized spacial score (nSPS) is 12.9. The van der Waals surface area contributed by atoms with Gasteiger partial charge in [-0.25, -0.2) is 4.39 Å². The van der Waals surface area contributed by atoms with Gasteiger partial charge in [0, 0.05) is 29.2 Å². The number of benzene rings is 3. The van der Waals surface area contributed by atoms with Gasteiger partial charge in [-0.15, -0.1) is 0 Å². The van der Waals surface area contributed by atoms with Gasteiger partial charge in [-0.3, -0.25) is 0 Å². The second-order valence-electron chi connectivity index (χ2n) is 7.09. The van der Waals surface area contributed by atoms with Gasteiger partial charge in [-0.2, -0.15) is 5.26 Å². The van der Waals surface area contributed by atoms with Crippen LogP contribution in [0.1, 0.15) is 16.7 Å². The minimum absolute atomic E-state index is 0.196. The average molecular weight is 396 g/mol. The summed E-state index contributed by atoms with van der Waals surface area (Å²) >= 11 is 0. The van der Waals surface area contributed by atoms with Gasteiger partial charge in [-0.05, 0) is 53.6 Å². The van der Waals surface area contributed by atoms with Crippen LogP contribution in [0, 0.1) is 17.1 Å². The summed E-state index contributed by atoms with van der Waals surface area (Å²) in [5, 5.41) is 10.8. The number of hydrogen-bond donors (Lipinski definition) is 0. The first-order chi connectivity index (χ1) is 14.7. The average Bonchev–Trinajstić information content (AvgIpc) is 3.38. The molecule has 0 aliphatic carbocycles. The highest BCUT2D eigenvalue weighted by atomic mass is 19.1. The molecule has 0 saturated heterocycles. The Balaban J connectivity index is 1.56. The zero-order valence-electron chi connectivity index (χ0n) is 16.0. The standard InChI is InChI=1S/C25H17FN2O2/c26-21-8-5-17(6-9-21)14-28-15-20(22-3-1-2-4-23(22)28)11-19(13-27)18-7-10-24-25(12-18)30-16-29-24/h1-12,15H,14,16H2/b19-11-. The van der Waals surface area contributed by atoms with Crippen molar-refractivity contribution in [2.24, 2.45) is 0 Å². The van der Waals surface area contributed by atoms with E-state index in [1.54, 1.807) is 12.1 Å². The van der Waals surface area contributed by atoms with Crippen LogP contribution in [0.4, 0.5) is 4.39 Å². The van der Waals surface area contributed by atoms with Crippen LogP contribution < -0.4 is 9.47 Å². The van der Waals surface area contributed by atoms with Gasteiger partial charge < -0.3 is 14.0 Å². The van der Waals surface area contributed by atoms with Gasteiger partial charge in [0.15, 0.2) is 11.5 Å². The second kappa shape index (κ2) is 7.41. The van der Waals surface area contributed by atoms with Crippen LogP contribution in [-0.4, -0.2) is 11.4 Å². The molecule has 0 bridgehead atoms. The molecule has 0 fully saturated rings. The molecule has 0 N–H and O–H groups in total. The molecule has 5 heteroatoms. The molecule has 4 nitrogen and oxygen atoms in total. The predicted octanol–water partition coefficient (Wildman–Crippen LogP) is 5.62. The first kappa shape index (κ1) is 18.0. The lowest BCUT2D eigenvalue weighted by molar-refractivity contribution is 0.174. The van der Waals surface area contributed by atoms with E-state index in [0.29, 0.717) is 23.6 Å². The maximum Gasteiger partial charge on any atom is 0.231 e. The Morgan fingerprint density at radius 3 is 2.67 bits per heavy atom. The number of hydrogen-bond acceptors (Lipinski definition) is 3. The molecule has 0 atom stereocenters. The summed E-state index contributed by atoms with van der Waals surface area (Å²) in [5.41, 5.74) is 4.32. The van der Waals surface area contributed by atoms with E-state index in [0.717, 1.165) is 27.6 Å². The lowest BCUT2D eigenvalue weighted by atomic mass is 10.0. The molecule has 0 radical (unpaired) electrons. The monoisotopic (exact) mass is 396 g/mol. The number of fused-ring (bicyclic) bond motifs is 2. The Morgan fingerprint density at radius 1 is 1.03 bits per heavy atom. The minimum Gasteiger partial charge on any atom is -0.454 e. The SMILES string of the molecule is N#C/C(=C/c1cn(Cc2ccc(F)cc2)c2ccccc12)c1ccc2c(c1)OCO2. The number of allylic oxidation sites excluding steroid dienone is 1. The van der Waals surface area contributed by atoms with Crippen molar-refractivity contribution in [1.29, 1.82) is 5.26 Å². The predicted molar refractivity (Wildman–Crippen MR) is 113 cm³/mol. The van der Waals surface area contributed by atoms with E-state index in [1.807, 2.05) is 54.7 Å². The fourth-order valence-electron chi connectivity index (χ4n) is 3.71. The summed E-state index contributed by atoms with van der Waals surface area (Å²) in [6.07, 6.45) is 3.92. The molecule has 0 unspecified atom stereocenters. The number of rotatable bonds is 4. The van der Waals surface area contributed by atoms with Crippen LogP contribution in [0.15, 0.2) is 72.9 Å². The first-order valence-corrected chi connectivity index (χ1v) is 9.55. The highest BCUT2D eigenvalue weighted by Crippen LogP contribution is 2.35. The Morgan fingerprint density at radius 2 is 1.83 bits per heavy atom. The third-order valence-corrected chi connectivity index (χ3v) is 5.19. The molecule has 0 amide bonds. The lowest BCUT2D eigenvalue weighted by Crippen LogP contribution is -1.97. The summed E-state index contributed by atoms with van der Waals surface area (Å²) in [4.78, 5) is 0. The number of nitrogens with zero attached hydrogens (tertiary/aromatic N) is 2. The van der Waals surface area contributed by atoms with E-state index in [-0.39, 0.29) is 12.6 Å². The van der Waals surface area contributed by atoms with Crippen molar-refractivity contribution < 1.29 is 13.9 Å². The van der Waals surface area contributed by atoms with Crippen molar-refractivity contribution in [3.05, 3.63) is 95.4 Å². The molecule has 146 valence electrons. The number of ether oxygens (including phenoxy) is 2. The molecule has 0 spiro atoms. The Hall–Kier alpha value is -4.04. The van der Waals surface area contributed by atoms with Gasteiger partial charge >= 0.3 is 0 Å². The molecule has 1 aromatic heterocycles. The van der Waals surface area contributed by atoms with Gasteiger partial charge in [0.25, 0.3) is 0 Å². The van der Waals surface area contributed by atoms with Crippen molar-refractivity contribution in [1.82, 2.24) is 4.57 Å². The molecule has 3 aromatic carbocycles. The van der Waals surface area contributed by atoms with Crippen molar-refractivity contribution in [2.75, 3.05) is 6.79 Å². The molecular weight excluding hydrogens is 379 g/mol. The van der Waals surface area contributed by atoms with Crippen molar-refractivity contribution >= 4 is 22.6 Å². The van der Waals surface area contributed by atoms with E-state index in [2.05, 4.69) is 10.6 Å². The van der Waals surface area contributed by atoms with E-state index in [4.69, 9.17) is 9.47 Å². The van der Waals surface area contributed by atoms with Crippen LogP contribution >= 0.6 is 0 Å². The molecular formula is C25H17FN2O2. The number of halogens is 1. The molecule has 2 heterocycles. The van der Waals surface area contributed by atoms with Crippen LogP contribution in [0.25, 0.3) is 22.6 Å². The maximum atomic E-state index is 13.2. The first-order valence-electron chi connectivity index (χ1n) is 9.55. The van der Waals surface area contributed by atoms with Gasteiger partial charge in [0.2, 0.25) is 6.79 Å². The largest absolute Gasteiger partial charge is 0.454 e. The number of para-hydroxylation sites is 1. The van der Waals surface area contributed by atoms with Crippen molar-refractivity contribution in [3.63, 3.8) is 0 Å². The zero-order chi connectivity index (χ0) is 20.5. The summed E-state index contributed by atoms with van der Waals surface area (Å²) < 4.78 is 26.2. The summed E-state index contributed by atoms with van der Waals surface area (Å²) in [5.74, 6) is 1.08. The van der Waals surface area contributed by atoms with Crippen LogP contribution in [-0.2, 0) is 6.54 Å². The number of aromatic nitrogens is 1. The van der Waals surface area contributed by atoms with E-state index in [9.17, 15) is 9.65 Å². The molecule has 1 aliphatic rings. The van der Waals surface area contributed by atoms with Crippen molar-refractivity contribution in [2.45, 2.75) is 6.54 Å². The number of nitriles is 1. The quantitative estimate of drug-likeness (QED) is 0.421. The summed E-state index contributed by atoms with van der Waals surface area (Å²) in [6, 6.07) is 22.4. The minimum atomic E-state index is -0.248. The van der Waals surface area contributed by atoms with Gasteiger partial charge in [0.1, 0.15) is 5.82 Å². The third kappa shape index (κ3) is 3.29. The Labute approximate surface area is 173 Å². The highest BCUT2D eigenvalue weighted by Gasteiger charge is 2.15. The fraction of sp³-hybridized carbons (Fsp3) is 0.0800. The molecule has 4 aromatic rings. The molecule has 0 saturated carbocycles. The highest BCUT2D eigenvalue weighted by molar-refractivity contribution is 5.98. The van der Waals surface area contributed by atoms with E-state index >= 15 is 0 Å². The topological polar surface area (TPSA) is 47.2 Å². The fourth-order valence-corrected chi connectivity index (χ4v) is 3.71. The van der Waals surface area contributed by atoms with Crippen LogP contribution in [0.3, 0.4) is 0 Å². The summed E-state index contributed by atoms with van der Waals surface area (Å²) in [6.45, 7) is 0.807. The Kier molecular flexibility index (Phi) is 4.45. The van der Waals surface area contributed by atoms with Crippen LogP contribution in [0.2, 0.25) is 0 Å². The van der Waals surface area contributed by atoms with Crippen molar-refractivity contribution in [3.8, 4) is 17.6 Å². The third-order valence-electron chi connectivity index (χ3n) is 5.19. The maximum absolute atomic E-state index is 13.2. The van der Waals surface area contributed by atoms with Gasteiger partial charge in [-0.1, -0.05) is 30.3 Å². The molecule has 1 aliphatic heterocycles. The Bertz CT molecular complexity index is 1310. The molecule has 30 heavy (non-hydrogen) atoms.